The van der Waals surface area contributed by atoms with Crippen LogP contribution in [0.5, 0.6) is 0 Å². The Morgan fingerprint density at radius 1 is 1.52 bits per heavy atom. The van der Waals surface area contributed by atoms with Crippen LogP contribution in [-0.4, -0.2) is 22.7 Å². The Hall–Kier alpha value is -2.04. The number of aliphatic hydroxyl groups excluding tert-OH is 1. The van der Waals surface area contributed by atoms with Crippen molar-refractivity contribution in [2.45, 2.75) is 25.9 Å². The van der Waals surface area contributed by atoms with Crippen LogP contribution in [0.4, 0.5) is 5.69 Å². The molecule has 5 nitrogen and oxygen atoms in total. The van der Waals surface area contributed by atoms with E-state index < -0.39 is 6.04 Å². The molecule has 0 aliphatic carbocycles. The van der Waals surface area contributed by atoms with Gasteiger partial charge in [-0.25, -0.2) is 4.98 Å². The SMILES string of the molecule is CC#Cc1c(C[C@@H](N)CO)oc2c(NCc3cccs3)cc(Cl)nc12. The van der Waals surface area contributed by atoms with Crippen LogP contribution in [0, 0.1) is 11.8 Å². The number of rotatable bonds is 6. The fourth-order valence-electron chi connectivity index (χ4n) is 2.51. The van der Waals surface area contributed by atoms with Crippen LogP contribution in [-0.2, 0) is 13.0 Å². The van der Waals surface area contributed by atoms with Gasteiger partial charge in [-0.2, -0.15) is 0 Å². The van der Waals surface area contributed by atoms with Gasteiger partial charge < -0.3 is 20.6 Å². The van der Waals surface area contributed by atoms with Crippen molar-refractivity contribution >= 4 is 39.7 Å². The van der Waals surface area contributed by atoms with Gasteiger partial charge in [0.25, 0.3) is 0 Å². The maximum atomic E-state index is 9.23. The summed E-state index contributed by atoms with van der Waals surface area (Å²) in [6, 6.07) is 5.38. The molecule has 0 saturated carbocycles. The third-order valence-electron chi connectivity index (χ3n) is 3.65. The Kier molecular flexibility index (Phi) is 5.61. The number of halogens is 1. The molecule has 3 rings (SSSR count). The summed E-state index contributed by atoms with van der Waals surface area (Å²) in [6.45, 7) is 2.27. The predicted octanol–water partition coefficient (Wildman–Crippen LogP) is 3.39. The number of anilines is 1. The standard InChI is InChI=1S/C18H18ClN3O2S/c1-2-4-13-15(7-11(20)10-23)24-18-14(8-16(19)22-17(13)18)21-9-12-5-3-6-25-12/h3,5-6,8,11,23H,7,9-10,20H2,1H3,(H,21,22)/t11-/m1/s1. The molecule has 25 heavy (non-hydrogen) atoms. The van der Waals surface area contributed by atoms with Gasteiger partial charge in [0.05, 0.1) is 17.9 Å². The average molecular weight is 376 g/mol. The summed E-state index contributed by atoms with van der Waals surface area (Å²) in [6.07, 6.45) is 0.374. The molecule has 0 radical (unpaired) electrons. The first-order valence-electron chi connectivity index (χ1n) is 7.79. The molecule has 3 aromatic heterocycles. The number of hydrogen-bond donors (Lipinski definition) is 3. The van der Waals surface area contributed by atoms with Crippen molar-refractivity contribution in [1.29, 1.82) is 0 Å². The van der Waals surface area contributed by atoms with Crippen molar-refractivity contribution in [3.8, 4) is 11.8 Å². The Morgan fingerprint density at radius 2 is 2.36 bits per heavy atom. The lowest BCUT2D eigenvalue weighted by Crippen LogP contribution is -2.26. The largest absolute Gasteiger partial charge is 0.456 e. The number of nitrogens with zero attached hydrogens (tertiary/aromatic N) is 1. The van der Waals surface area contributed by atoms with Gasteiger partial charge in [-0.15, -0.1) is 17.3 Å². The summed E-state index contributed by atoms with van der Waals surface area (Å²) in [5, 5.41) is 15.0. The van der Waals surface area contributed by atoms with E-state index in [2.05, 4.69) is 28.2 Å². The van der Waals surface area contributed by atoms with Crippen LogP contribution < -0.4 is 11.1 Å². The first kappa shape index (κ1) is 17.8. The lowest BCUT2D eigenvalue weighted by Gasteiger charge is -2.06. The van der Waals surface area contributed by atoms with E-state index in [9.17, 15) is 5.11 Å². The second kappa shape index (κ2) is 7.89. The number of nitrogens with two attached hydrogens (primary N) is 1. The molecule has 130 valence electrons. The Morgan fingerprint density at radius 3 is 3.04 bits per heavy atom. The lowest BCUT2D eigenvalue weighted by atomic mass is 10.1. The fourth-order valence-corrected chi connectivity index (χ4v) is 3.35. The van der Waals surface area contributed by atoms with E-state index in [-0.39, 0.29) is 6.61 Å². The number of hydrogen-bond acceptors (Lipinski definition) is 6. The average Bonchev–Trinajstić information content (AvgIpc) is 3.22. The maximum absolute atomic E-state index is 9.23. The smallest absolute Gasteiger partial charge is 0.177 e. The van der Waals surface area contributed by atoms with Gasteiger partial charge in [0.1, 0.15) is 16.4 Å². The number of fused-ring (bicyclic) bond motifs is 1. The first-order valence-corrected chi connectivity index (χ1v) is 9.05. The van der Waals surface area contributed by atoms with Crippen molar-refractivity contribution in [1.82, 2.24) is 4.98 Å². The summed E-state index contributed by atoms with van der Waals surface area (Å²) >= 11 is 7.87. The van der Waals surface area contributed by atoms with Crippen molar-refractivity contribution in [2.24, 2.45) is 5.73 Å². The number of furan rings is 1. The fraction of sp³-hybridized carbons (Fsp3) is 0.278. The normalized spacial score (nSPS) is 12.0. The molecule has 4 N–H and O–H groups in total. The van der Waals surface area contributed by atoms with Crippen molar-refractivity contribution in [3.63, 3.8) is 0 Å². The molecule has 7 heteroatoms. The quantitative estimate of drug-likeness (QED) is 0.454. The molecule has 0 unspecified atom stereocenters. The third-order valence-corrected chi connectivity index (χ3v) is 4.72. The van der Waals surface area contributed by atoms with Crippen molar-refractivity contribution < 1.29 is 9.52 Å². The van der Waals surface area contributed by atoms with Crippen LogP contribution >= 0.6 is 22.9 Å². The van der Waals surface area contributed by atoms with Crippen LogP contribution in [0.25, 0.3) is 11.1 Å². The first-order chi connectivity index (χ1) is 12.1. The summed E-state index contributed by atoms with van der Waals surface area (Å²) in [5.74, 6) is 6.51. The molecule has 0 aliphatic rings. The highest BCUT2D eigenvalue weighted by molar-refractivity contribution is 7.09. The monoisotopic (exact) mass is 375 g/mol. The number of thiophene rings is 1. The van der Waals surface area contributed by atoms with Gasteiger partial charge in [0.15, 0.2) is 5.58 Å². The molecule has 0 fully saturated rings. The minimum Gasteiger partial charge on any atom is -0.456 e. The number of aromatic nitrogens is 1. The lowest BCUT2D eigenvalue weighted by molar-refractivity contribution is 0.261. The third kappa shape index (κ3) is 3.97. The summed E-state index contributed by atoms with van der Waals surface area (Å²) in [4.78, 5) is 5.58. The molecule has 1 atom stereocenters. The van der Waals surface area contributed by atoms with Gasteiger partial charge in [-0.3, -0.25) is 0 Å². The van der Waals surface area contributed by atoms with E-state index in [0.717, 1.165) is 5.69 Å². The van der Waals surface area contributed by atoms with E-state index in [0.29, 0.717) is 40.5 Å². The Bertz CT molecular complexity index is 925. The molecule has 3 aromatic rings. The van der Waals surface area contributed by atoms with Crippen LogP contribution in [0.2, 0.25) is 5.15 Å². The van der Waals surface area contributed by atoms with Gasteiger partial charge in [0, 0.05) is 30.0 Å². The highest BCUT2D eigenvalue weighted by Gasteiger charge is 2.20. The Labute approximate surface area is 154 Å². The number of pyridine rings is 1. The molecule has 0 spiro atoms. The second-order valence-electron chi connectivity index (χ2n) is 5.53. The molecule has 0 aliphatic heterocycles. The topological polar surface area (TPSA) is 84.3 Å². The molecule has 0 saturated heterocycles. The van der Waals surface area contributed by atoms with Crippen LogP contribution in [0.3, 0.4) is 0 Å². The van der Waals surface area contributed by atoms with E-state index in [1.165, 1.54) is 4.88 Å². The van der Waals surface area contributed by atoms with E-state index in [1.54, 1.807) is 24.3 Å². The predicted molar refractivity (Wildman–Crippen MR) is 102 cm³/mol. The van der Waals surface area contributed by atoms with E-state index in [1.807, 2.05) is 11.4 Å². The molecular formula is C18H18ClN3O2S. The summed E-state index contributed by atoms with van der Waals surface area (Å²) in [7, 11) is 0. The van der Waals surface area contributed by atoms with Crippen LogP contribution in [0.15, 0.2) is 28.0 Å². The second-order valence-corrected chi connectivity index (χ2v) is 6.94. The van der Waals surface area contributed by atoms with Gasteiger partial charge >= 0.3 is 0 Å². The van der Waals surface area contributed by atoms with Crippen LogP contribution in [0.1, 0.15) is 23.1 Å². The van der Waals surface area contributed by atoms with Crippen molar-refractivity contribution in [2.75, 3.05) is 11.9 Å². The minimum atomic E-state index is -0.420. The zero-order valence-corrected chi connectivity index (χ0v) is 15.2. The number of aliphatic hydroxyl groups is 1. The number of nitrogens with one attached hydrogen (secondary N) is 1. The maximum Gasteiger partial charge on any atom is 0.177 e. The molecule has 0 amide bonds. The summed E-state index contributed by atoms with van der Waals surface area (Å²) < 4.78 is 6.01. The molecular weight excluding hydrogens is 358 g/mol. The molecule has 0 bridgehead atoms. The van der Waals surface area contributed by atoms with Gasteiger partial charge in [-0.05, 0) is 18.4 Å². The molecule has 0 aromatic carbocycles. The van der Waals surface area contributed by atoms with E-state index >= 15 is 0 Å². The van der Waals surface area contributed by atoms with E-state index in [4.69, 9.17) is 21.8 Å². The Balaban J connectivity index is 2.04. The zero-order chi connectivity index (χ0) is 17.8. The highest BCUT2D eigenvalue weighted by Crippen LogP contribution is 2.33. The summed E-state index contributed by atoms with van der Waals surface area (Å²) in [5.41, 5.74) is 8.49. The highest BCUT2D eigenvalue weighted by atomic mass is 35.5. The van der Waals surface area contributed by atoms with Gasteiger partial charge in [0.2, 0.25) is 0 Å². The van der Waals surface area contributed by atoms with Gasteiger partial charge in [-0.1, -0.05) is 23.6 Å². The van der Waals surface area contributed by atoms with Crippen molar-refractivity contribution in [3.05, 3.63) is 44.9 Å². The molecule has 3 heterocycles. The minimum absolute atomic E-state index is 0.131. The zero-order valence-electron chi connectivity index (χ0n) is 13.7.